The van der Waals surface area contributed by atoms with Gasteiger partial charge in [0.25, 0.3) is 5.69 Å². The molecule has 1 aromatic carbocycles. The molecular formula is C9H7ClN4O2. The molecule has 0 aliphatic rings. The number of aryl methyl sites for hydroxylation is 1. The third-order valence-corrected chi connectivity index (χ3v) is 2.23. The Morgan fingerprint density at radius 2 is 2.25 bits per heavy atom. The highest BCUT2D eigenvalue weighted by Crippen LogP contribution is 2.29. The Morgan fingerprint density at radius 1 is 1.50 bits per heavy atom. The van der Waals surface area contributed by atoms with Gasteiger partial charge >= 0.3 is 0 Å². The minimum Gasteiger partial charge on any atom is -0.258 e. The molecule has 0 bridgehead atoms. The van der Waals surface area contributed by atoms with E-state index in [1.807, 2.05) is 0 Å². The van der Waals surface area contributed by atoms with Gasteiger partial charge in [0.05, 0.1) is 10.5 Å². The fourth-order valence-electron chi connectivity index (χ4n) is 1.31. The van der Waals surface area contributed by atoms with E-state index in [1.165, 1.54) is 23.1 Å². The van der Waals surface area contributed by atoms with Crippen LogP contribution in [0.2, 0.25) is 5.02 Å². The van der Waals surface area contributed by atoms with Gasteiger partial charge in [-0.05, 0) is 12.1 Å². The predicted molar refractivity (Wildman–Crippen MR) is 58.1 cm³/mol. The van der Waals surface area contributed by atoms with Crippen LogP contribution in [-0.4, -0.2) is 19.7 Å². The topological polar surface area (TPSA) is 73.8 Å². The fourth-order valence-corrected chi connectivity index (χ4v) is 1.47. The van der Waals surface area contributed by atoms with Crippen molar-refractivity contribution in [3.63, 3.8) is 0 Å². The third kappa shape index (κ3) is 1.87. The maximum Gasteiger partial charge on any atom is 0.281 e. The fraction of sp³-hybridized carbons (Fsp3) is 0.111. The molecule has 0 atom stereocenters. The number of hydrogen-bond donors (Lipinski definition) is 0. The summed E-state index contributed by atoms with van der Waals surface area (Å²) in [6, 6.07) is 4.39. The van der Waals surface area contributed by atoms with Crippen LogP contribution in [0.3, 0.4) is 0 Å². The van der Waals surface area contributed by atoms with Crippen LogP contribution in [0.25, 0.3) is 11.4 Å². The molecule has 0 fully saturated rings. The van der Waals surface area contributed by atoms with Gasteiger partial charge in [0.15, 0.2) is 5.82 Å². The zero-order valence-electron chi connectivity index (χ0n) is 8.29. The van der Waals surface area contributed by atoms with Gasteiger partial charge in [0.1, 0.15) is 6.33 Å². The molecule has 7 heteroatoms. The van der Waals surface area contributed by atoms with Gasteiger partial charge in [-0.3, -0.25) is 14.8 Å². The van der Waals surface area contributed by atoms with Crippen LogP contribution >= 0.6 is 11.6 Å². The number of nitrogens with zero attached hydrogens (tertiary/aromatic N) is 4. The Hall–Kier alpha value is -1.95. The van der Waals surface area contributed by atoms with Crippen molar-refractivity contribution in [3.8, 4) is 11.4 Å². The molecule has 0 spiro atoms. The standard InChI is InChI=1S/C9H7ClN4O2/c1-13-5-11-9(12-13)7-3-2-6(10)4-8(7)14(15)16/h2-5H,1H3. The molecule has 0 aliphatic heterocycles. The summed E-state index contributed by atoms with van der Waals surface area (Å²) in [7, 11) is 1.69. The molecule has 16 heavy (non-hydrogen) atoms. The van der Waals surface area contributed by atoms with Crippen LogP contribution in [0.15, 0.2) is 24.5 Å². The molecule has 2 rings (SSSR count). The third-order valence-electron chi connectivity index (χ3n) is 2.00. The zero-order chi connectivity index (χ0) is 11.7. The Labute approximate surface area is 95.6 Å². The van der Waals surface area contributed by atoms with E-state index in [-0.39, 0.29) is 5.69 Å². The van der Waals surface area contributed by atoms with Crippen molar-refractivity contribution in [3.05, 3.63) is 39.7 Å². The second-order valence-corrected chi connectivity index (χ2v) is 3.60. The quantitative estimate of drug-likeness (QED) is 0.593. The molecule has 0 saturated carbocycles. The maximum absolute atomic E-state index is 10.8. The first-order valence-corrected chi connectivity index (χ1v) is 4.75. The van der Waals surface area contributed by atoms with Gasteiger partial charge < -0.3 is 0 Å². The number of halogens is 1. The van der Waals surface area contributed by atoms with Crippen molar-refractivity contribution in [2.24, 2.45) is 7.05 Å². The second-order valence-electron chi connectivity index (χ2n) is 3.16. The highest BCUT2D eigenvalue weighted by molar-refractivity contribution is 6.30. The van der Waals surface area contributed by atoms with Crippen LogP contribution in [0.5, 0.6) is 0 Å². The molecule has 0 amide bonds. The lowest BCUT2D eigenvalue weighted by Crippen LogP contribution is -1.94. The van der Waals surface area contributed by atoms with E-state index in [0.29, 0.717) is 16.4 Å². The van der Waals surface area contributed by atoms with Gasteiger partial charge in [-0.1, -0.05) is 11.6 Å². The molecule has 82 valence electrons. The summed E-state index contributed by atoms with van der Waals surface area (Å²) >= 11 is 5.70. The minimum atomic E-state index is -0.502. The summed E-state index contributed by atoms with van der Waals surface area (Å²) in [5, 5.41) is 15.2. The number of aromatic nitrogens is 3. The number of nitro benzene ring substituents is 1. The molecule has 0 unspecified atom stereocenters. The van der Waals surface area contributed by atoms with Crippen molar-refractivity contribution >= 4 is 17.3 Å². The first-order valence-electron chi connectivity index (χ1n) is 4.38. The Bertz CT molecular complexity index is 552. The number of nitro groups is 1. The second kappa shape index (κ2) is 3.90. The predicted octanol–water partition coefficient (Wildman–Crippen LogP) is 2.04. The van der Waals surface area contributed by atoms with E-state index >= 15 is 0 Å². The average Bonchev–Trinajstić information content (AvgIpc) is 2.64. The summed E-state index contributed by atoms with van der Waals surface area (Å²) in [5.41, 5.74) is 0.258. The average molecular weight is 239 g/mol. The highest BCUT2D eigenvalue weighted by Gasteiger charge is 2.18. The lowest BCUT2D eigenvalue weighted by atomic mass is 10.2. The smallest absolute Gasteiger partial charge is 0.258 e. The molecule has 0 radical (unpaired) electrons. The largest absolute Gasteiger partial charge is 0.281 e. The number of rotatable bonds is 2. The van der Waals surface area contributed by atoms with E-state index < -0.39 is 4.92 Å². The van der Waals surface area contributed by atoms with Crippen molar-refractivity contribution in [1.29, 1.82) is 0 Å². The van der Waals surface area contributed by atoms with Crippen LogP contribution in [-0.2, 0) is 7.05 Å². The molecule has 1 heterocycles. The van der Waals surface area contributed by atoms with Gasteiger partial charge in [-0.2, -0.15) is 5.10 Å². The molecule has 0 saturated heterocycles. The van der Waals surface area contributed by atoms with Gasteiger partial charge in [-0.15, -0.1) is 0 Å². The molecule has 0 aliphatic carbocycles. The van der Waals surface area contributed by atoms with E-state index in [1.54, 1.807) is 13.1 Å². The van der Waals surface area contributed by atoms with Crippen LogP contribution in [0, 0.1) is 10.1 Å². The molecule has 6 nitrogen and oxygen atoms in total. The van der Waals surface area contributed by atoms with Crippen molar-refractivity contribution in [2.45, 2.75) is 0 Å². The number of benzene rings is 1. The first kappa shape index (κ1) is 10.6. The van der Waals surface area contributed by atoms with E-state index in [9.17, 15) is 10.1 Å². The summed E-state index contributed by atoms with van der Waals surface area (Å²) < 4.78 is 1.48. The highest BCUT2D eigenvalue weighted by atomic mass is 35.5. The summed E-state index contributed by atoms with van der Waals surface area (Å²) in [5.74, 6) is 0.311. The summed E-state index contributed by atoms with van der Waals surface area (Å²) in [6.07, 6.45) is 1.48. The van der Waals surface area contributed by atoms with Crippen LogP contribution in [0.4, 0.5) is 5.69 Å². The van der Waals surface area contributed by atoms with Crippen molar-refractivity contribution < 1.29 is 4.92 Å². The monoisotopic (exact) mass is 238 g/mol. The van der Waals surface area contributed by atoms with Crippen LogP contribution < -0.4 is 0 Å². The maximum atomic E-state index is 10.8. The van der Waals surface area contributed by atoms with Crippen molar-refractivity contribution in [1.82, 2.24) is 14.8 Å². The normalized spacial score (nSPS) is 10.4. The van der Waals surface area contributed by atoms with E-state index in [4.69, 9.17) is 11.6 Å². The van der Waals surface area contributed by atoms with Gasteiger partial charge in [0, 0.05) is 18.1 Å². The summed E-state index contributed by atoms with van der Waals surface area (Å²) in [4.78, 5) is 14.3. The number of hydrogen-bond acceptors (Lipinski definition) is 4. The molecular weight excluding hydrogens is 232 g/mol. The van der Waals surface area contributed by atoms with Gasteiger partial charge in [-0.25, -0.2) is 4.98 Å². The molecule has 0 N–H and O–H groups in total. The SMILES string of the molecule is Cn1cnc(-c2ccc(Cl)cc2[N+](=O)[O-])n1. The lowest BCUT2D eigenvalue weighted by molar-refractivity contribution is -0.384. The Morgan fingerprint density at radius 3 is 2.81 bits per heavy atom. The Balaban J connectivity index is 2.60. The first-order chi connectivity index (χ1) is 7.58. The van der Waals surface area contributed by atoms with E-state index in [0.717, 1.165) is 0 Å². The Kier molecular flexibility index (Phi) is 2.57. The van der Waals surface area contributed by atoms with E-state index in [2.05, 4.69) is 10.1 Å². The molecule has 2 aromatic rings. The molecule has 1 aromatic heterocycles. The zero-order valence-corrected chi connectivity index (χ0v) is 9.05. The van der Waals surface area contributed by atoms with Crippen LogP contribution in [0.1, 0.15) is 0 Å². The van der Waals surface area contributed by atoms with Crippen molar-refractivity contribution in [2.75, 3.05) is 0 Å². The lowest BCUT2D eigenvalue weighted by Gasteiger charge is -1.98. The minimum absolute atomic E-state index is 0.0984. The van der Waals surface area contributed by atoms with Gasteiger partial charge in [0.2, 0.25) is 0 Å². The summed E-state index contributed by atoms with van der Waals surface area (Å²) in [6.45, 7) is 0.